The number of fused-ring (bicyclic) bond motifs is 1. The molecule has 3 heterocycles. The summed E-state index contributed by atoms with van der Waals surface area (Å²) in [5, 5.41) is 0. The quantitative estimate of drug-likeness (QED) is 0.740. The Morgan fingerprint density at radius 3 is 2.76 bits per heavy atom. The van der Waals surface area contributed by atoms with Crippen LogP contribution in [0.1, 0.15) is 65.4 Å². The number of likely N-dealkylation sites (tertiary alicyclic amines) is 1. The monoisotopic (exact) mass is 395 g/mol. The molecule has 1 amide bonds. The van der Waals surface area contributed by atoms with Crippen molar-refractivity contribution < 1.29 is 14.3 Å². The summed E-state index contributed by atoms with van der Waals surface area (Å²) in [7, 11) is 0. The van der Waals surface area contributed by atoms with Gasteiger partial charge in [0.05, 0.1) is 6.54 Å². The molecule has 1 aromatic carbocycles. The normalized spacial score (nSPS) is 16.3. The third kappa shape index (κ3) is 4.02. The van der Waals surface area contributed by atoms with Crippen LogP contribution < -0.4 is 9.64 Å². The smallest absolute Gasteiger partial charge is 0.270 e. The second-order valence-corrected chi connectivity index (χ2v) is 7.85. The van der Waals surface area contributed by atoms with Gasteiger partial charge in [0.25, 0.3) is 5.91 Å². The summed E-state index contributed by atoms with van der Waals surface area (Å²) in [5.41, 5.74) is 3.43. The molecule has 6 heteroatoms. The number of benzene rings is 1. The Kier molecular flexibility index (Phi) is 5.88. The van der Waals surface area contributed by atoms with E-state index in [-0.39, 0.29) is 5.91 Å². The highest BCUT2D eigenvalue weighted by atomic mass is 16.5. The van der Waals surface area contributed by atoms with Crippen LogP contribution in [-0.2, 0) is 6.42 Å². The van der Waals surface area contributed by atoms with Crippen molar-refractivity contribution in [3.63, 3.8) is 0 Å². The number of aryl methyl sites for hydroxylation is 1. The van der Waals surface area contributed by atoms with Gasteiger partial charge in [0.1, 0.15) is 18.6 Å². The van der Waals surface area contributed by atoms with Gasteiger partial charge in [-0.1, -0.05) is 13.3 Å². The van der Waals surface area contributed by atoms with E-state index < -0.39 is 0 Å². The number of hydrogen-bond acceptors (Lipinski definition) is 4. The number of nitrogens with one attached hydrogen (secondary N) is 1. The molecule has 1 N–H and O–H groups in total. The van der Waals surface area contributed by atoms with Crippen molar-refractivity contribution >= 4 is 23.7 Å². The fraction of sp³-hybridized carbons (Fsp3) is 0.478. The molecule has 0 spiro atoms. The standard InChI is InChI=1S/C23H29N3O3/c1-2-3-7-17-14-19(9-8-18(17)16-27)26-12-13-29-21-15-20(24-22(21)26)23(28)25-10-5-4-6-11-25/h8-9,14-16,24H,2-7,10-13H2,1H3. The Balaban J connectivity index is 1.62. The zero-order chi connectivity index (χ0) is 20.2. The summed E-state index contributed by atoms with van der Waals surface area (Å²) in [6.07, 6.45) is 7.29. The van der Waals surface area contributed by atoms with E-state index in [2.05, 4.69) is 22.9 Å². The first-order chi connectivity index (χ1) is 14.2. The summed E-state index contributed by atoms with van der Waals surface area (Å²) < 4.78 is 5.83. The number of aromatic amines is 1. The van der Waals surface area contributed by atoms with E-state index in [1.165, 1.54) is 6.42 Å². The van der Waals surface area contributed by atoms with Crippen LogP contribution in [0.5, 0.6) is 5.75 Å². The molecule has 6 nitrogen and oxygen atoms in total. The molecule has 1 aromatic heterocycles. The maximum absolute atomic E-state index is 12.9. The van der Waals surface area contributed by atoms with E-state index in [0.29, 0.717) is 24.6 Å². The molecule has 154 valence electrons. The highest BCUT2D eigenvalue weighted by Crippen LogP contribution is 2.37. The van der Waals surface area contributed by atoms with E-state index in [4.69, 9.17) is 4.74 Å². The predicted octanol–water partition coefficient (Wildman–Crippen LogP) is 4.33. The Morgan fingerprint density at radius 2 is 2.00 bits per heavy atom. The first-order valence-electron chi connectivity index (χ1n) is 10.7. The number of aldehydes is 1. The van der Waals surface area contributed by atoms with Crippen LogP contribution >= 0.6 is 0 Å². The van der Waals surface area contributed by atoms with Crippen LogP contribution in [-0.4, -0.2) is 48.3 Å². The van der Waals surface area contributed by atoms with Gasteiger partial charge in [-0.05, 0) is 55.9 Å². The van der Waals surface area contributed by atoms with Crippen molar-refractivity contribution in [1.82, 2.24) is 9.88 Å². The number of H-pyrrole nitrogens is 1. The minimum Gasteiger partial charge on any atom is -0.488 e. The van der Waals surface area contributed by atoms with Crippen LogP contribution in [0.4, 0.5) is 11.5 Å². The lowest BCUT2D eigenvalue weighted by atomic mass is 10.0. The van der Waals surface area contributed by atoms with Crippen molar-refractivity contribution in [3.05, 3.63) is 41.1 Å². The molecule has 1 saturated heterocycles. The Bertz CT molecular complexity index is 883. The van der Waals surface area contributed by atoms with E-state index >= 15 is 0 Å². The number of piperidine rings is 1. The molecule has 2 aliphatic heterocycles. The number of ether oxygens (including phenoxy) is 1. The molecule has 2 aliphatic rings. The van der Waals surface area contributed by atoms with Crippen molar-refractivity contribution in [2.75, 3.05) is 31.1 Å². The lowest BCUT2D eigenvalue weighted by Gasteiger charge is -2.29. The summed E-state index contributed by atoms with van der Waals surface area (Å²) in [6.45, 7) is 5.04. The molecule has 0 unspecified atom stereocenters. The van der Waals surface area contributed by atoms with Crippen molar-refractivity contribution in [1.29, 1.82) is 0 Å². The Hall–Kier alpha value is -2.76. The minimum absolute atomic E-state index is 0.0441. The zero-order valence-electron chi connectivity index (χ0n) is 17.1. The number of carbonyl (C=O) groups is 2. The lowest BCUT2D eigenvalue weighted by Crippen LogP contribution is -2.35. The van der Waals surface area contributed by atoms with Crippen LogP contribution in [0.3, 0.4) is 0 Å². The number of hydrogen-bond donors (Lipinski definition) is 1. The van der Waals surface area contributed by atoms with Gasteiger partial charge in [0.2, 0.25) is 0 Å². The molecule has 0 aliphatic carbocycles. The molecular formula is C23H29N3O3. The first-order valence-corrected chi connectivity index (χ1v) is 10.7. The highest BCUT2D eigenvalue weighted by Gasteiger charge is 2.27. The Labute approximate surface area is 171 Å². The van der Waals surface area contributed by atoms with Gasteiger partial charge in [-0.25, -0.2) is 0 Å². The number of rotatable bonds is 6. The van der Waals surface area contributed by atoms with Crippen molar-refractivity contribution in [2.24, 2.45) is 0 Å². The first kappa shape index (κ1) is 19.6. The number of anilines is 2. The van der Waals surface area contributed by atoms with E-state index in [1.807, 2.05) is 23.1 Å². The largest absolute Gasteiger partial charge is 0.488 e. The van der Waals surface area contributed by atoms with Gasteiger partial charge in [0.15, 0.2) is 11.6 Å². The average Bonchev–Trinajstić information content (AvgIpc) is 3.22. The molecule has 0 atom stereocenters. The summed E-state index contributed by atoms with van der Waals surface area (Å²) in [5.74, 6) is 1.57. The maximum Gasteiger partial charge on any atom is 0.270 e. The summed E-state index contributed by atoms with van der Waals surface area (Å²) >= 11 is 0. The van der Waals surface area contributed by atoms with Crippen LogP contribution in [0, 0.1) is 0 Å². The number of aromatic nitrogens is 1. The zero-order valence-corrected chi connectivity index (χ0v) is 17.1. The second kappa shape index (κ2) is 8.72. The number of amides is 1. The van der Waals surface area contributed by atoms with Gasteiger partial charge in [-0.2, -0.15) is 0 Å². The third-order valence-electron chi connectivity index (χ3n) is 5.84. The molecular weight excluding hydrogens is 366 g/mol. The molecule has 2 aromatic rings. The third-order valence-corrected chi connectivity index (χ3v) is 5.84. The van der Waals surface area contributed by atoms with E-state index in [9.17, 15) is 9.59 Å². The number of nitrogens with zero attached hydrogens (tertiary/aromatic N) is 2. The maximum atomic E-state index is 12.9. The Morgan fingerprint density at radius 1 is 1.17 bits per heavy atom. The number of carbonyl (C=O) groups excluding carboxylic acids is 2. The van der Waals surface area contributed by atoms with E-state index in [1.54, 1.807) is 0 Å². The van der Waals surface area contributed by atoms with Gasteiger partial charge < -0.3 is 19.5 Å². The SMILES string of the molecule is CCCCc1cc(N2CCOc3cc(C(=O)N4CCCCC4)[nH]c32)ccc1C=O. The molecule has 1 fully saturated rings. The van der Waals surface area contributed by atoms with Gasteiger partial charge >= 0.3 is 0 Å². The molecule has 0 saturated carbocycles. The fourth-order valence-corrected chi connectivity index (χ4v) is 4.19. The van der Waals surface area contributed by atoms with Crippen LogP contribution in [0.2, 0.25) is 0 Å². The molecule has 4 rings (SSSR count). The van der Waals surface area contributed by atoms with Crippen molar-refractivity contribution in [3.8, 4) is 5.75 Å². The van der Waals surface area contributed by atoms with Gasteiger partial charge in [-0.3, -0.25) is 9.59 Å². The molecule has 0 radical (unpaired) electrons. The van der Waals surface area contributed by atoms with Gasteiger partial charge in [-0.15, -0.1) is 0 Å². The topological polar surface area (TPSA) is 65.6 Å². The molecule has 29 heavy (non-hydrogen) atoms. The minimum atomic E-state index is 0.0441. The predicted molar refractivity (Wildman–Crippen MR) is 113 cm³/mol. The number of unbranched alkanes of at least 4 members (excludes halogenated alkanes) is 1. The van der Waals surface area contributed by atoms with E-state index in [0.717, 1.165) is 74.1 Å². The summed E-state index contributed by atoms with van der Waals surface area (Å²) in [6, 6.07) is 7.80. The average molecular weight is 396 g/mol. The lowest BCUT2D eigenvalue weighted by molar-refractivity contribution is 0.0719. The second-order valence-electron chi connectivity index (χ2n) is 7.85. The van der Waals surface area contributed by atoms with Gasteiger partial charge in [0, 0.05) is 30.4 Å². The van der Waals surface area contributed by atoms with Crippen LogP contribution in [0.25, 0.3) is 0 Å². The summed E-state index contributed by atoms with van der Waals surface area (Å²) in [4.78, 5) is 31.7. The highest BCUT2D eigenvalue weighted by molar-refractivity contribution is 5.94. The van der Waals surface area contributed by atoms with Crippen LogP contribution in [0.15, 0.2) is 24.3 Å². The van der Waals surface area contributed by atoms with Crippen molar-refractivity contribution in [2.45, 2.75) is 45.4 Å². The molecule has 0 bridgehead atoms. The fourth-order valence-electron chi connectivity index (χ4n) is 4.19.